The number of benzene rings is 1. The van der Waals surface area contributed by atoms with Crippen molar-refractivity contribution in [2.45, 2.75) is 49.4 Å². The van der Waals surface area contributed by atoms with Crippen LogP contribution in [0.25, 0.3) is 0 Å². The van der Waals surface area contributed by atoms with Crippen molar-refractivity contribution in [1.29, 1.82) is 0 Å². The first-order valence-corrected chi connectivity index (χ1v) is 8.15. The van der Waals surface area contributed by atoms with E-state index in [9.17, 15) is 4.79 Å². The van der Waals surface area contributed by atoms with Crippen LogP contribution in [0.5, 0.6) is 0 Å². The first-order chi connectivity index (χ1) is 9.49. The number of nitrogens with two attached hydrogens (primary N) is 1. The zero-order chi connectivity index (χ0) is 15.0. The summed E-state index contributed by atoms with van der Waals surface area (Å²) in [6.07, 6.45) is 7.10. The van der Waals surface area contributed by atoms with Gasteiger partial charge in [0.25, 0.3) is 0 Å². The molecule has 0 bridgehead atoms. The first kappa shape index (κ1) is 17.5. The lowest BCUT2D eigenvalue weighted by molar-refractivity contribution is -0.136. The van der Waals surface area contributed by atoms with Gasteiger partial charge in [0.2, 0.25) is 0 Å². The van der Waals surface area contributed by atoms with Crippen molar-refractivity contribution < 1.29 is 9.90 Å². The molecule has 0 radical (unpaired) electrons. The smallest absolute Gasteiger partial charge is 0.317 e. The Hall–Kier alpha value is -0.580. The van der Waals surface area contributed by atoms with E-state index >= 15 is 0 Å². The Bertz CT molecular complexity index is 422. The minimum Gasteiger partial charge on any atom is -0.480 e. The molecule has 1 aliphatic carbocycles. The molecule has 3 N–H and O–H groups in total. The molecule has 0 amide bonds. The molecule has 0 aliphatic heterocycles. The van der Waals surface area contributed by atoms with Crippen LogP contribution >= 0.6 is 27.5 Å². The average molecular weight is 363 g/mol. The Morgan fingerprint density at radius 1 is 1.40 bits per heavy atom. The van der Waals surface area contributed by atoms with Crippen LogP contribution in [0, 0.1) is 0 Å². The van der Waals surface area contributed by atoms with E-state index in [4.69, 9.17) is 22.4 Å². The number of aliphatic carboxylic acids is 1. The molecule has 2 rings (SSSR count). The fraction of sp³-hybridized carbons (Fsp3) is 0.533. The van der Waals surface area contributed by atoms with E-state index in [-0.39, 0.29) is 0 Å². The third-order valence-electron chi connectivity index (χ3n) is 3.22. The number of hydrogen-bond donors (Lipinski definition) is 2. The minimum absolute atomic E-state index is 0.440. The second-order valence-electron chi connectivity index (χ2n) is 5.04. The van der Waals surface area contributed by atoms with Crippen molar-refractivity contribution >= 4 is 33.5 Å². The molecule has 1 atom stereocenters. The molecule has 0 heterocycles. The monoisotopic (exact) mass is 361 g/mol. The Morgan fingerprint density at radius 3 is 2.50 bits per heavy atom. The molecular weight excluding hydrogens is 342 g/mol. The Morgan fingerprint density at radius 2 is 2.05 bits per heavy atom. The van der Waals surface area contributed by atoms with Crippen LogP contribution in [-0.2, 0) is 11.2 Å². The summed E-state index contributed by atoms with van der Waals surface area (Å²) in [5.74, 6) is -0.861. The molecule has 1 saturated carbocycles. The molecule has 1 fully saturated rings. The fourth-order valence-corrected chi connectivity index (χ4v) is 2.68. The summed E-state index contributed by atoms with van der Waals surface area (Å²) in [6, 6.07) is 7.71. The summed E-state index contributed by atoms with van der Waals surface area (Å²) in [6.45, 7) is 0. The second-order valence-corrected chi connectivity index (χ2v) is 6.58. The first-order valence-electron chi connectivity index (χ1n) is 6.86. The number of halogens is 2. The molecule has 1 aromatic rings. The molecule has 1 aliphatic rings. The highest BCUT2D eigenvalue weighted by atomic mass is 79.9. The molecule has 5 heteroatoms. The molecule has 0 aromatic heterocycles. The van der Waals surface area contributed by atoms with Gasteiger partial charge in [-0.2, -0.15) is 0 Å². The normalized spacial score (nSPS) is 16.9. The number of alkyl halides is 1. The van der Waals surface area contributed by atoms with Gasteiger partial charge in [0.15, 0.2) is 0 Å². The van der Waals surface area contributed by atoms with Crippen LogP contribution in [-0.4, -0.2) is 21.9 Å². The zero-order valence-corrected chi connectivity index (χ0v) is 13.7. The lowest BCUT2D eigenvalue weighted by Crippen LogP contribution is -2.22. The van der Waals surface area contributed by atoms with E-state index in [1.807, 2.05) is 6.07 Å². The average Bonchev–Trinajstić information content (AvgIpc) is 2.40. The summed E-state index contributed by atoms with van der Waals surface area (Å²) < 4.78 is 0. The molecule has 1 aromatic carbocycles. The van der Waals surface area contributed by atoms with Gasteiger partial charge in [-0.1, -0.05) is 58.9 Å². The van der Waals surface area contributed by atoms with Gasteiger partial charge in [-0.25, -0.2) is 0 Å². The van der Waals surface area contributed by atoms with Crippen LogP contribution in [0.2, 0.25) is 5.02 Å². The summed E-state index contributed by atoms with van der Waals surface area (Å²) >= 11 is 8.81. The van der Waals surface area contributed by atoms with Crippen LogP contribution < -0.4 is 5.73 Å². The van der Waals surface area contributed by atoms with Crippen molar-refractivity contribution in [3.63, 3.8) is 0 Å². The Balaban J connectivity index is 0.000000240. The summed E-state index contributed by atoms with van der Waals surface area (Å²) in [5, 5.41) is 9.26. The largest absolute Gasteiger partial charge is 0.480 e. The highest BCUT2D eigenvalue weighted by molar-refractivity contribution is 9.10. The molecule has 1 unspecified atom stereocenters. The number of carboxylic acids is 1. The second kappa shape index (κ2) is 9.37. The van der Waals surface area contributed by atoms with Crippen molar-refractivity contribution in [3.05, 3.63) is 34.9 Å². The van der Waals surface area contributed by atoms with Gasteiger partial charge in [-0.15, -0.1) is 0 Å². The topological polar surface area (TPSA) is 63.3 Å². The van der Waals surface area contributed by atoms with E-state index in [0.717, 1.165) is 5.56 Å². The van der Waals surface area contributed by atoms with Crippen molar-refractivity contribution in [2.75, 3.05) is 0 Å². The van der Waals surface area contributed by atoms with Crippen molar-refractivity contribution in [2.24, 2.45) is 5.73 Å². The van der Waals surface area contributed by atoms with Crippen LogP contribution in [0.1, 0.15) is 37.7 Å². The van der Waals surface area contributed by atoms with Gasteiger partial charge in [0.05, 0.1) is 0 Å². The number of rotatable bonds is 3. The maximum atomic E-state index is 10.5. The van der Waals surface area contributed by atoms with Crippen molar-refractivity contribution in [1.82, 2.24) is 0 Å². The Kier molecular flexibility index (Phi) is 8.19. The van der Waals surface area contributed by atoms with Gasteiger partial charge in [-0.3, -0.25) is 4.79 Å². The number of carboxylic acid groups (broad SMARTS) is 1. The zero-order valence-electron chi connectivity index (χ0n) is 11.4. The predicted molar refractivity (Wildman–Crippen MR) is 86.6 cm³/mol. The van der Waals surface area contributed by atoms with Crippen LogP contribution in [0.3, 0.4) is 0 Å². The third-order valence-corrected chi connectivity index (χ3v) is 4.17. The molecule has 20 heavy (non-hydrogen) atoms. The van der Waals surface area contributed by atoms with E-state index < -0.39 is 10.8 Å². The summed E-state index contributed by atoms with van der Waals surface area (Å²) in [5.41, 5.74) is 6.55. The molecular formula is C15H21BrClNO2. The molecule has 3 nitrogen and oxygen atoms in total. The maximum Gasteiger partial charge on any atom is 0.317 e. The van der Waals surface area contributed by atoms with Crippen LogP contribution in [0.4, 0.5) is 0 Å². The predicted octanol–water partition coefficient (Wildman–Crippen LogP) is 4.01. The van der Waals surface area contributed by atoms with E-state index in [1.165, 1.54) is 32.1 Å². The van der Waals surface area contributed by atoms with Gasteiger partial charge < -0.3 is 10.8 Å². The quantitative estimate of drug-likeness (QED) is 0.799. The van der Waals surface area contributed by atoms with Crippen molar-refractivity contribution in [3.8, 4) is 0 Å². The van der Waals surface area contributed by atoms with Gasteiger partial charge in [0, 0.05) is 11.1 Å². The van der Waals surface area contributed by atoms with E-state index in [1.54, 1.807) is 18.2 Å². The SMILES string of the molecule is NC1CCCCC1.O=C(O)C(Br)Cc1cccc(Cl)c1. The third kappa shape index (κ3) is 7.27. The molecule has 112 valence electrons. The van der Waals surface area contributed by atoms with E-state index in [2.05, 4.69) is 15.9 Å². The minimum atomic E-state index is -0.861. The molecule has 0 spiro atoms. The highest BCUT2D eigenvalue weighted by Gasteiger charge is 2.13. The Labute approximate surface area is 133 Å². The lowest BCUT2D eigenvalue weighted by atomic mass is 9.97. The standard InChI is InChI=1S/C9H8BrClO2.C6H13N/c10-8(9(12)13)5-6-2-1-3-7(11)4-6;7-6-4-2-1-3-5-6/h1-4,8H,5H2,(H,12,13);6H,1-5,7H2. The molecule has 0 saturated heterocycles. The van der Waals surface area contributed by atoms with Gasteiger partial charge >= 0.3 is 5.97 Å². The van der Waals surface area contributed by atoms with Gasteiger partial charge in [0.1, 0.15) is 4.83 Å². The van der Waals surface area contributed by atoms with Crippen LogP contribution in [0.15, 0.2) is 24.3 Å². The van der Waals surface area contributed by atoms with Gasteiger partial charge in [-0.05, 0) is 37.0 Å². The fourth-order valence-electron chi connectivity index (χ4n) is 2.09. The lowest BCUT2D eigenvalue weighted by Gasteiger charge is -2.15. The van der Waals surface area contributed by atoms with E-state index in [0.29, 0.717) is 17.5 Å². The summed E-state index contributed by atoms with van der Waals surface area (Å²) in [7, 11) is 0. The highest BCUT2D eigenvalue weighted by Crippen LogP contribution is 2.15. The number of hydrogen-bond acceptors (Lipinski definition) is 2. The summed E-state index contributed by atoms with van der Waals surface area (Å²) in [4.78, 5) is 9.96. The maximum absolute atomic E-state index is 10.5. The number of carbonyl (C=O) groups is 1.